The minimum Gasteiger partial charge on any atom is -0.353 e. The monoisotopic (exact) mass is 198 g/mol. The van der Waals surface area contributed by atoms with Gasteiger partial charge in [-0.15, -0.1) is 0 Å². The summed E-state index contributed by atoms with van der Waals surface area (Å²) in [5, 5.41) is 0. The lowest BCUT2D eigenvalue weighted by Crippen LogP contribution is -2.18. The van der Waals surface area contributed by atoms with E-state index in [0.717, 1.165) is 18.7 Å². The van der Waals surface area contributed by atoms with Gasteiger partial charge >= 0.3 is 0 Å². The van der Waals surface area contributed by atoms with Crippen LogP contribution < -0.4 is 0 Å². The van der Waals surface area contributed by atoms with E-state index in [1.165, 1.54) is 0 Å². The first kappa shape index (κ1) is 11.2. The molecule has 0 radical (unpaired) electrons. The summed E-state index contributed by atoms with van der Waals surface area (Å²) in [7, 11) is 0. The zero-order chi connectivity index (χ0) is 10.2. The molecule has 0 atom stereocenters. The first-order valence-electron chi connectivity index (χ1n) is 5.08. The number of imidazole rings is 1. The number of ether oxygens (including phenoxy) is 2. The normalized spacial score (nSPS) is 11.1. The molecule has 0 aliphatic carbocycles. The number of aromatic nitrogens is 2. The molecule has 1 aromatic heterocycles. The molecule has 1 heterocycles. The number of hydrogen-bond donors (Lipinski definition) is 1. The van der Waals surface area contributed by atoms with Crippen molar-refractivity contribution in [2.24, 2.45) is 0 Å². The van der Waals surface area contributed by atoms with Crippen molar-refractivity contribution in [2.45, 2.75) is 33.0 Å². The first-order valence-corrected chi connectivity index (χ1v) is 5.08. The summed E-state index contributed by atoms with van der Waals surface area (Å²) < 4.78 is 10.8. The smallest absolute Gasteiger partial charge is 0.157 e. The van der Waals surface area contributed by atoms with Crippen LogP contribution in [0.2, 0.25) is 0 Å². The SMILES string of the molecule is CCOC(CCc1ncc[nH]1)OCC. The largest absolute Gasteiger partial charge is 0.353 e. The average Bonchev–Trinajstić information content (AvgIpc) is 2.67. The highest BCUT2D eigenvalue weighted by Gasteiger charge is 2.08. The van der Waals surface area contributed by atoms with E-state index in [2.05, 4.69) is 9.97 Å². The molecule has 0 bridgehead atoms. The second-order valence-electron chi connectivity index (χ2n) is 2.91. The van der Waals surface area contributed by atoms with Crippen molar-refractivity contribution < 1.29 is 9.47 Å². The Bertz CT molecular complexity index is 218. The predicted octanol–water partition coefficient (Wildman–Crippen LogP) is 1.74. The van der Waals surface area contributed by atoms with Crippen LogP contribution in [0.4, 0.5) is 0 Å². The van der Waals surface area contributed by atoms with Crippen LogP contribution in [0.25, 0.3) is 0 Å². The molecule has 0 unspecified atom stereocenters. The van der Waals surface area contributed by atoms with Crippen LogP contribution in [0.3, 0.4) is 0 Å². The second kappa shape index (κ2) is 6.56. The fourth-order valence-corrected chi connectivity index (χ4v) is 1.28. The number of nitrogens with zero attached hydrogens (tertiary/aromatic N) is 1. The van der Waals surface area contributed by atoms with Crippen molar-refractivity contribution in [3.8, 4) is 0 Å². The minimum atomic E-state index is -0.102. The van der Waals surface area contributed by atoms with Gasteiger partial charge in [-0.1, -0.05) is 0 Å². The lowest BCUT2D eigenvalue weighted by Gasteiger charge is -2.15. The molecule has 1 rings (SSSR count). The van der Waals surface area contributed by atoms with E-state index < -0.39 is 0 Å². The zero-order valence-electron chi connectivity index (χ0n) is 8.82. The fraction of sp³-hybridized carbons (Fsp3) is 0.700. The molecule has 1 N–H and O–H groups in total. The Balaban J connectivity index is 2.25. The lowest BCUT2D eigenvalue weighted by atomic mass is 10.3. The van der Waals surface area contributed by atoms with E-state index in [4.69, 9.17) is 9.47 Å². The molecular weight excluding hydrogens is 180 g/mol. The molecule has 0 fully saturated rings. The molecule has 4 heteroatoms. The standard InChI is InChI=1S/C10H18N2O2/c1-3-13-10(14-4-2)6-5-9-11-7-8-12-9/h7-8,10H,3-6H2,1-2H3,(H,11,12). The molecule has 80 valence electrons. The highest BCUT2D eigenvalue weighted by Crippen LogP contribution is 2.05. The molecule has 0 aliphatic rings. The summed E-state index contributed by atoms with van der Waals surface area (Å²) in [6.45, 7) is 5.31. The number of nitrogens with one attached hydrogen (secondary N) is 1. The van der Waals surface area contributed by atoms with Crippen LogP contribution in [-0.4, -0.2) is 29.5 Å². The highest BCUT2D eigenvalue weighted by molar-refractivity contribution is 4.86. The van der Waals surface area contributed by atoms with Crippen LogP contribution in [0.5, 0.6) is 0 Å². The van der Waals surface area contributed by atoms with Crippen LogP contribution in [0.15, 0.2) is 12.4 Å². The maximum Gasteiger partial charge on any atom is 0.157 e. The van der Waals surface area contributed by atoms with Gasteiger partial charge in [0.2, 0.25) is 0 Å². The van der Waals surface area contributed by atoms with Crippen LogP contribution in [0.1, 0.15) is 26.1 Å². The molecule has 0 spiro atoms. The number of aryl methyl sites for hydroxylation is 1. The van der Waals surface area contributed by atoms with Crippen molar-refractivity contribution in [3.05, 3.63) is 18.2 Å². The van der Waals surface area contributed by atoms with E-state index >= 15 is 0 Å². The molecule has 1 aromatic rings. The lowest BCUT2D eigenvalue weighted by molar-refractivity contribution is -0.139. The number of aromatic amines is 1. The fourth-order valence-electron chi connectivity index (χ4n) is 1.28. The van der Waals surface area contributed by atoms with Gasteiger partial charge in [-0.25, -0.2) is 4.98 Å². The van der Waals surface area contributed by atoms with Crippen molar-refractivity contribution in [1.29, 1.82) is 0 Å². The topological polar surface area (TPSA) is 47.1 Å². The molecule has 14 heavy (non-hydrogen) atoms. The average molecular weight is 198 g/mol. The van der Waals surface area contributed by atoms with E-state index in [9.17, 15) is 0 Å². The molecular formula is C10H18N2O2. The van der Waals surface area contributed by atoms with Gasteiger partial charge in [-0.2, -0.15) is 0 Å². The summed E-state index contributed by atoms with van der Waals surface area (Å²) in [5.41, 5.74) is 0. The van der Waals surface area contributed by atoms with Gasteiger partial charge in [0.05, 0.1) is 0 Å². The van der Waals surface area contributed by atoms with Crippen molar-refractivity contribution in [1.82, 2.24) is 9.97 Å². The highest BCUT2D eigenvalue weighted by atomic mass is 16.7. The molecule has 0 aromatic carbocycles. The maximum atomic E-state index is 5.42. The Morgan fingerprint density at radius 3 is 2.57 bits per heavy atom. The van der Waals surface area contributed by atoms with Crippen LogP contribution in [0, 0.1) is 0 Å². The van der Waals surface area contributed by atoms with E-state index in [1.807, 2.05) is 20.0 Å². The summed E-state index contributed by atoms with van der Waals surface area (Å²) >= 11 is 0. The van der Waals surface area contributed by atoms with E-state index in [-0.39, 0.29) is 6.29 Å². The minimum absolute atomic E-state index is 0.102. The Hall–Kier alpha value is -0.870. The van der Waals surface area contributed by atoms with Gasteiger partial charge in [0.25, 0.3) is 0 Å². The maximum absolute atomic E-state index is 5.42. The van der Waals surface area contributed by atoms with Crippen molar-refractivity contribution >= 4 is 0 Å². The Kier molecular flexibility index (Phi) is 5.25. The quantitative estimate of drug-likeness (QED) is 0.679. The van der Waals surface area contributed by atoms with Gasteiger partial charge in [-0.3, -0.25) is 0 Å². The van der Waals surface area contributed by atoms with Crippen molar-refractivity contribution in [2.75, 3.05) is 13.2 Å². The summed E-state index contributed by atoms with van der Waals surface area (Å²) in [6.07, 6.45) is 5.18. The number of rotatable bonds is 7. The molecule has 0 saturated heterocycles. The molecule has 0 aliphatic heterocycles. The molecule has 0 saturated carbocycles. The van der Waals surface area contributed by atoms with Gasteiger partial charge in [0.1, 0.15) is 5.82 Å². The first-order chi connectivity index (χ1) is 6.86. The summed E-state index contributed by atoms with van der Waals surface area (Å²) in [4.78, 5) is 7.20. The number of H-pyrrole nitrogens is 1. The third kappa shape index (κ3) is 3.89. The summed E-state index contributed by atoms with van der Waals surface area (Å²) in [6, 6.07) is 0. The van der Waals surface area contributed by atoms with E-state index in [0.29, 0.717) is 13.2 Å². The molecule has 0 amide bonds. The Morgan fingerprint density at radius 2 is 2.07 bits per heavy atom. The third-order valence-electron chi connectivity index (χ3n) is 1.88. The number of hydrogen-bond acceptors (Lipinski definition) is 3. The van der Waals surface area contributed by atoms with Crippen LogP contribution in [-0.2, 0) is 15.9 Å². The van der Waals surface area contributed by atoms with Gasteiger partial charge in [0, 0.05) is 38.4 Å². The third-order valence-corrected chi connectivity index (χ3v) is 1.88. The second-order valence-corrected chi connectivity index (χ2v) is 2.91. The van der Waals surface area contributed by atoms with Gasteiger partial charge in [0.15, 0.2) is 6.29 Å². The van der Waals surface area contributed by atoms with E-state index in [1.54, 1.807) is 6.20 Å². The van der Waals surface area contributed by atoms with Crippen molar-refractivity contribution in [3.63, 3.8) is 0 Å². The predicted molar refractivity (Wildman–Crippen MR) is 53.9 cm³/mol. The zero-order valence-corrected chi connectivity index (χ0v) is 8.82. The van der Waals surface area contributed by atoms with Crippen LogP contribution >= 0.6 is 0 Å². The summed E-state index contributed by atoms with van der Waals surface area (Å²) in [5.74, 6) is 0.981. The molecule has 4 nitrogen and oxygen atoms in total. The van der Waals surface area contributed by atoms with Gasteiger partial charge in [-0.05, 0) is 13.8 Å². The Morgan fingerprint density at radius 1 is 1.36 bits per heavy atom. The Labute approximate surface area is 84.6 Å². The van der Waals surface area contributed by atoms with Gasteiger partial charge < -0.3 is 14.5 Å².